The quantitative estimate of drug-likeness (QED) is 0.773. The lowest BCUT2D eigenvalue weighted by molar-refractivity contribution is 0.0607. The minimum absolute atomic E-state index is 0.182. The summed E-state index contributed by atoms with van der Waals surface area (Å²) in [6.07, 6.45) is 1.19. The maximum Gasteiger partial charge on any atom is 0.268 e. The Morgan fingerprint density at radius 2 is 2.29 bits per heavy atom. The Labute approximate surface area is 101 Å². The molecule has 17 heavy (non-hydrogen) atoms. The van der Waals surface area contributed by atoms with Gasteiger partial charge in [0, 0.05) is 25.9 Å². The molecule has 0 aliphatic carbocycles. The maximum absolute atomic E-state index is 11.9. The summed E-state index contributed by atoms with van der Waals surface area (Å²) in [6.45, 7) is 4.43. The number of carbonyl (C=O) groups is 1. The van der Waals surface area contributed by atoms with E-state index in [0.717, 1.165) is 0 Å². The van der Waals surface area contributed by atoms with E-state index in [1.54, 1.807) is 6.07 Å². The van der Waals surface area contributed by atoms with Crippen LogP contribution in [0.2, 0.25) is 0 Å². The lowest BCUT2D eigenvalue weighted by Crippen LogP contribution is -2.35. The largest absolute Gasteiger partial charge is 0.389 e. The smallest absolute Gasteiger partial charge is 0.268 e. The topological polar surface area (TPSA) is 63.5 Å². The Bertz CT molecular complexity index is 360. The minimum Gasteiger partial charge on any atom is -0.389 e. The summed E-state index contributed by atoms with van der Waals surface area (Å²) < 4.78 is 6.67. The molecule has 0 bridgehead atoms. The Morgan fingerprint density at radius 1 is 1.59 bits per heavy atom. The number of aliphatic hydroxyl groups is 1. The zero-order chi connectivity index (χ0) is 12.8. The van der Waals surface area contributed by atoms with Crippen molar-refractivity contribution in [3.8, 4) is 0 Å². The second-order valence-corrected chi connectivity index (χ2v) is 4.21. The molecule has 0 fully saturated rings. The van der Waals surface area contributed by atoms with E-state index >= 15 is 0 Å². The first kappa shape index (κ1) is 13.7. The third-order valence-corrected chi connectivity index (χ3v) is 2.43. The van der Waals surface area contributed by atoms with Crippen molar-refractivity contribution in [1.82, 2.24) is 9.88 Å². The predicted molar refractivity (Wildman–Crippen MR) is 65.0 cm³/mol. The maximum atomic E-state index is 11.9. The fourth-order valence-electron chi connectivity index (χ4n) is 1.59. The summed E-state index contributed by atoms with van der Waals surface area (Å²) in [5.74, 6) is -0.182. The Balaban J connectivity index is 2.55. The van der Waals surface area contributed by atoms with Gasteiger partial charge in [-0.3, -0.25) is 4.79 Å². The molecule has 1 rings (SSSR count). The van der Waals surface area contributed by atoms with Crippen molar-refractivity contribution in [3.05, 3.63) is 24.0 Å². The van der Waals surface area contributed by atoms with Crippen molar-refractivity contribution in [2.45, 2.75) is 26.0 Å². The van der Waals surface area contributed by atoms with E-state index in [-0.39, 0.29) is 25.1 Å². The first-order chi connectivity index (χ1) is 8.06. The highest BCUT2D eigenvalue weighted by atomic mass is 16.5. The highest BCUT2D eigenvalue weighted by Crippen LogP contribution is 2.10. The number of hydrogen-bond acceptors (Lipinski definition) is 3. The average molecular weight is 240 g/mol. The fourth-order valence-corrected chi connectivity index (χ4v) is 1.59. The monoisotopic (exact) mass is 240 g/mol. The van der Waals surface area contributed by atoms with Gasteiger partial charge in [0.15, 0.2) is 0 Å². The number of carbonyl (C=O) groups excluding carboxylic acids is 1. The second kappa shape index (κ2) is 6.42. The van der Waals surface area contributed by atoms with Gasteiger partial charge in [0.1, 0.15) is 5.69 Å². The van der Waals surface area contributed by atoms with Crippen LogP contribution >= 0.6 is 0 Å². The van der Waals surface area contributed by atoms with Gasteiger partial charge < -0.3 is 19.7 Å². The number of rotatable bonds is 6. The molecular weight excluding hydrogens is 220 g/mol. The zero-order valence-electron chi connectivity index (χ0n) is 10.5. The third kappa shape index (κ3) is 3.87. The van der Waals surface area contributed by atoms with E-state index in [1.807, 2.05) is 30.7 Å². The molecule has 1 aromatic rings. The molecule has 0 saturated heterocycles. The summed E-state index contributed by atoms with van der Waals surface area (Å²) in [5.41, 5.74) is 0.601. The molecule has 0 aromatic carbocycles. The summed E-state index contributed by atoms with van der Waals surface area (Å²) >= 11 is 0. The second-order valence-electron chi connectivity index (χ2n) is 4.21. The van der Waals surface area contributed by atoms with Crippen molar-refractivity contribution in [2.75, 3.05) is 20.3 Å². The molecule has 96 valence electrons. The van der Waals surface area contributed by atoms with Crippen LogP contribution in [0, 0.1) is 0 Å². The van der Waals surface area contributed by atoms with E-state index in [9.17, 15) is 9.90 Å². The Kier molecular flexibility index (Phi) is 5.18. The van der Waals surface area contributed by atoms with Gasteiger partial charge in [0.2, 0.25) is 0 Å². The van der Waals surface area contributed by atoms with Crippen LogP contribution in [0.4, 0.5) is 0 Å². The lowest BCUT2D eigenvalue weighted by Gasteiger charge is -2.14. The molecule has 0 spiro atoms. The molecule has 2 N–H and O–H groups in total. The van der Waals surface area contributed by atoms with Gasteiger partial charge in [-0.15, -0.1) is 0 Å². The van der Waals surface area contributed by atoms with Gasteiger partial charge in [0.25, 0.3) is 5.91 Å². The van der Waals surface area contributed by atoms with Gasteiger partial charge in [-0.05, 0) is 26.0 Å². The van der Waals surface area contributed by atoms with Crippen LogP contribution in [0.3, 0.4) is 0 Å². The standard InChI is InChI=1S/C12H20N2O3/c1-9(2)14-6-4-5-11(14)12(16)13-7-10(15)8-17-3/h4-6,9-10,15H,7-8H2,1-3H3,(H,13,16). The normalized spacial score (nSPS) is 12.8. The average Bonchev–Trinajstić information content (AvgIpc) is 2.75. The van der Waals surface area contributed by atoms with E-state index in [4.69, 9.17) is 4.74 Å². The number of aromatic nitrogens is 1. The van der Waals surface area contributed by atoms with Gasteiger partial charge >= 0.3 is 0 Å². The van der Waals surface area contributed by atoms with Crippen LogP contribution in [0.1, 0.15) is 30.4 Å². The van der Waals surface area contributed by atoms with Gasteiger partial charge in [-0.25, -0.2) is 0 Å². The number of hydrogen-bond donors (Lipinski definition) is 2. The highest BCUT2D eigenvalue weighted by molar-refractivity contribution is 5.92. The van der Waals surface area contributed by atoms with Gasteiger partial charge in [0.05, 0.1) is 12.7 Å². The molecule has 0 radical (unpaired) electrons. The lowest BCUT2D eigenvalue weighted by atomic mass is 10.3. The number of amides is 1. The Morgan fingerprint density at radius 3 is 2.88 bits per heavy atom. The van der Waals surface area contributed by atoms with Crippen LogP contribution < -0.4 is 5.32 Å². The van der Waals surface area contributed by atoms with Gasteiger partial charge in [-0.1, -0.05) is 0 Å². The van der Waals surface area contributed by atoms with Crippen LogP contribution in [-0.4, -0.2) is 41.9 Å². The van der Waals surface area contributed by atoms with E-state index in [1.165, 1.54) is 7.11 Å². The molecule has 0 saturated carbocycles. The Hall–Kier alpha value is -1.33. The van der Waals surface area contributed by atoms with E-state index in [0.29, 0.717) is 5.69 Å². The fraction of sp³-hybridized carbons (Fsp3) is 0.583. The molecule has 0 aliphatic heterocycles. The number of methoxy groups -OCH3 is 1. The SMILES string of the molecule is COCC(O)CNC(=O)c1cccn1C(C)C. The van der Waals surface area contributed by atoms with Crippen molar-refractivity contribution in [2.24, 2.45) is 0 Å². The van der Waals surface area contributed by atoms with E-state index in [2.05, 4.69) is 5.32 Å². The summed E-state index contributed by atoms with van der Waals surface area (Å²) in [5, 5.41) is 12.1. The molecule has 0 aliphatic rings. The molecule has 1 heterocycles. The molecule has 5 heteroatoms. The summed E-state index contributed by atoms with van der Waals surface area (Å²) in [4.78, 5) is 11.9. The van der Waals surface area contributed by atoms with Crippen LogP contribution in [0.25, 0.3) is 0 Å². The van der Waals surface area contributed by atoms with Crippen LogP contribution in [0.15, 0.2) is 18.3 Å². The van der Waals surface area contributed by atoms with E-state index < -0.39 is 6.10 Å². The van der Waals surface area contributed by atoms with Crippen LogP contribution in [-0.2, 0) is 4.74 Å². The van der Waals surface area contributed by atoms with Gasteiger partial charge in [-0.2, -0.15) is 0 Å². The summed E-state index contributed by atoms with van der Waals surface area (Å²) in [6, 6.07) is 3.83. The van der Waals surface area contributed by atoms with Crippen LogP contribution in [0.5, 0.6) is 0 Å². The molecule has 1 atom stereocenters. The third-order valence-electron chi connectivity index (χ3n) is 2.43. The van der Waals surface area contributed by atoms with Crippen molar-refractivity contribution in [1.29, 1.82) is 0 Å². The number of aliphatic hydroxyl groups excluding tert-OH is 1. The predicted octanol–water partition coefficient (Wildman–Crippen LogP) is 0.806. The molecule has 1 aromatic heterocycles. The first-order valence-electron chi connectivity index (χ1n) is 5.68. The molecular formula is C12H20N2O3. The molecule has 1 unspecified atom stereocenters. The highest BCUT2D eigenvalue weighted by Gasteiger charge is 2.13. The number of nitrogens with zero attached hydrogens (tertiary/aromatic N) is 1. The van der Waals surface area contributed by atoms with Crippen molar-refractivity contribution < 1.29 is 14.6 Å². The van der Waals surface area contributed by atoms with Crippen molar-refractivity contribution >= 4 is 5.91 Å². The zero-order valence-corrected chi connectivity index (χ0v) is 10.5. The molecule has 1 amide bonds. The van der Waals surface area contributed by atoms with Crippen molar-refractivity contribution in [3.63, 3.8) is 0 Å². The number of nitrogens with one attached hydrogen (secondary N) is 1. The summed E-state index contributed by atoms with van der Waals surface area (Å²) in [7, 11) is 1.51. The number of ether oxygens (including phenoxy) is 1. The minimum atomic E-state index is -0.675. The first-order valence-corrected chi connectivity index (χ1v) is 5.68. The molecule has 5 nitrogen and oxygen atoms in total.